The second-order valence-corrected chi connectivity index (χ2v) is 5.23. The van der Waals surface area contributed by atoms with E-state index >= 15 is 0 Å². The highest BCUT2D eigenvalue weighted by Crippen LogP contribution is 2.24. The summed E-state index contributed by atoms with van der Waals surface area (Å²) in [5.41, 5.74) is 0. The molecule has 5 heteroatoms. The van der Waals surface area contributed by atoms with Crippen molar-refractivity contribution in [3.8, 4) is 0 Å². The van der Waals surface area contributed by atoms with Gasteiger partial charge < -0.3 is 4.42 Å². The van der Waals surface area contributed by atoms with Gasteiger partial charge in [0.1, 0.15) is 10.7 Å². The molecule has 0 saturated heterocycles. The largest absolute Gasteiger partial charge is 0.453 e. The second kappa shape index (κ2) is 3.22. The molecule has 0 amide bonds. The first kappa shape index (κ1) is 9.80. The molecule has 68 valence electrons. The van der Waals surface area contributed by atoms with Crippen LogP contribution in [-0.2, 0) is 16.3 Å². The van der Waals surface area contributed by atoms with E-state index < -0.39 is 9.84 Å². The average Bonchev–Trinajstić information content (AvgIpc) is 2.29. The normalized spacial score (nSPS) is 11.9. The zero-order valence-electron chi connectivity index (χ0n) is 6.80. The van der Waals surface area contributed by atoms with Crippen LogP contribution < -0.4 is 0 Å². The fourth-order valence-electron chi connectivity index (χ4n) is 0.941. The summed E-state index contributed by atoms with van der Waals surface area (Å²) in [5, 5.41) is 0. The van der Waals surface area contributed by atoms with E-state index in [1.807, 2.05) is 6.92 Å². The molecule has 0 aromatic carbocycles. The van der Waals surface area contributed by atoms with Crippen LogP contribution >= 0.6 is 15.9 Å². The van der Waals surface area contributed by atoms with Gasteiger partial charge in [-0.3, -0.25) is 0 Å². The molecule has 0 radical (unpaired) electrons. The van der Waals surface area contributed by atoms with Crippen LogP contribution in [0.4, 0.5) is 0 Å². The first-order valence-electron chi connectivity index (χ1n) is 3.43. The Kier molecular flexibility index (Phi) is 2.63. The van der Waals surface area contributed by atoms with Gasteiger partial charge >= 0.3 is 0 Å². The third kappa shape index (κ3) is 1.90. The maximum atomic E-state index is 11.1. The number of furan rings is 1. The molecule has 12 heavy (non-hydrogen) atoms. The molecule has 0 N–H and O–H groups in total. The average molecular weight is 253 g/mol. The predicted octanol–water partition coefficient (Wildman–Crippen LogP) is 2.01. The van der Waals surface area contributed by atoms with Crippen LogP contribution in [0.25, 0.3) is 0 Å². The van der Waals surface area contributed by atoms with E-state index in [0.717, 1.165) is 0 Å². The topological polar surface area (TPSA) is 47.3 Å². The Morgan fingerprint density at radius 1 is 1.58 bits per heavy atom. The molecule has 0 bridgehead atoms. The molecule has 0 atom stereocenters. The summed E-state index contributed by atoms with van der Waals surface area (Å²) < 4.78 is 27.9. The van der Waals surface area contributed by atoms with Gasteiger partial charge in [0, 0.05) is 18.7 Å². The fourth-order valence-corrected chi connectivity index (χ4v) is 2.44. The van der Waals surface area contributed by atoms with Crippen molar-refractivity contribution in [1.82, 2.24) is 0 Å². The Morgan fingerprint density at radius 2 is 2.17 bits per heavy atom. The molecule has 0 aliphatic carbocycles. The van der Waals surface area contributed by atoms with E-state index in [-0.39, 0.29) is 4.90 Å². The van der Waals surface area contributed by atoms with E-state index in [0.29, 0.717) is 16.9 Å². The van der Waals surface area contributed by atoms with E-state index in [1.165, 1.54) is 12.3 Å². The molecule has 0 unspecified atom stereocenters. The van der Waals surface area contributed by atoms with Crippen molar-refractivity contribution < 1.29 is 12.8 Å². The van der Waals surface area contributed by atoms with Gasteiger partial charge in [0.2, 0.25) is 0 Å². The summed E-state index contributed by atoms with van der Waals surface area (Å²) in [7, 11) is -3.15. The summed E-state index contributed by atoms with van der Waals surface area (Å²) in [5.74, 6) is 0.504. The van der Waals surface area contributed by atoms with Crippen LogP contribution in [0, 0.1) is 0 Å². The highest BCUT2D eigenvalue weighted by molar-refractivity contribution is 9.10. The highest BCUT2D eigenvalue weighted by atomic mass is 79.9. The van der Waals surface area contributed by atoms with E-state index in [9.17, 15) is 8.42 Å². The Morgan fingerprint density at radius 3 is 2.50 bits per heavy atom. The molecule has 3 nitrogen and oxygen atoms in total. The minimum Gasteiger partial charge on any atom is -0.453 e. The molecule has 0 aliphatic heterocycles. The number of halogens is 1. The number of aryl methyl sites for hydroxylation is 1. The van der Waals surface area contributed by atoms with Crippen molar-refractivity contribution in [2.45, 2.75) is 18.2 Å². The summed E-state index contributed by atoms with van der Waals surface area (Å²) in [4.78, 5) is 0.275. The summed E-state index contributed by atoms with van der Waals surface area (Å²) >= 11 is 3.09. The fraction of sp³-hybridized carbons (Fsp3) is 0.429. The lowest BCUT2D eigenvalue weighted by atomic mass is 10.4. The van der Waals surface area contributed by atoms with Crippen molar-refractivity contribution in [3.05, 3.63) is 16.5 Å². The Balaban J connectivity index is 3.33. The smallest absolute Gasteiger partial charge is 0.179 e. The molecule has 1 heterocycles. The number of rotatable bonds is 2. The van der Waals surface area contributed by atoms with Crippen LogP contribution in [0.1, 0.15) is 12.7 Å². The van der Waals surface area contributed by atoms with Gasteiger partial charge in [-0.1, -0.05) is 6.92 Å². The van der Waals surface area contributed by atoms with Gasteiger partial charge in [0.15, 0.2) is 14.5 Å². The Labute approximate surface area is 79.8 Å². The molecular formula is C7H9BrO3S. The van der Waals surface area contributed by atoms with Crippen LogP contribution in [0.3, 0.4) is 0 Å². The second-order valence-electron chi connectivity index (χ2n) is 2.46. The van der Waals surface area contributed by atoms with E-state index in [2.05, 4.69) is 15.9 Å². The van der Waals surface area contributed by atoms with E-state index in [1.54, 1.807) is 0 Å². The molecule has 0 saturated carbocycles. The van der Waals surface area contributed by atoms with Crippen LogP contribution in [0.5, 0.6) is 0 Å². The molecule has 1 aromatic rings. The minimum absolute atomic E-state index is 0.275. The third-order valence-corrected chi connectivity index (χ3v) is 3.00. The van der Waals surface area contributed by atoms with Gasteiger partial charge in [-0.25, -0.2) is 8.42 Å². The number of hydrogen-bond donors (Lipinski definition) is 0. The SMILES string of the molecule is CCc1oc(Br)cc1S(C)(=O)=O. The highest BCUT2D eigenvalue weighted by Gasteiger charge is 2.16. The third-order valence-electron chi connectivity index (χ3n) is 1.46. The molecule has 0 fully saturated rings. The van der Waals surface area contributed by atoms with Crippen molar-refractivity contribution in [2.75, 3.05) is 6.26 Å². The van der Waals surface area contributed by atoms with Crippen LogP contribution in [-0.4, -0.2) is 14.7 Å². The minimum atomic E-state index is -3.15. The first-order chi connectivity index (χ1) is 5.45. The molecule has 0 aliphatic rings. The Hall–Kier alpha value is -0.290. The quantitative estimate of drug-likeness (QED) is 0.809. The van der Waals surface area contributed by atoms with Gasteiger partial charge in [-0.2, -0.15) is 0 Å². The molecule has 1 rings (SSSR count). The zero-order valence-corrected chi connectivity index (χ0v) is 9.20. The summed E-state index contributed by atoms with van der Waals surface area (Å²) in [6, 6.07) is 1.48. The molecule has 1 aromatic heterocycles. The Bertz CT molecular complexity index is 377. The lowest BCUT2D eigenvalue weighted by Crippen LogP contribution is -1.98. The molecular weight excluding hydrogens is 244 g/mol. The number of sulfone groups is 1. The van der Waals surface area contributed by atoms with Gasteiger partial charge in [-0.15, -0.1) is 0 Å². The predicted molar refractivity (Wildman–Crippen MR) is 48.9 cm³/mol. The summed E-state index contributed by atoms with van der Waals surface area (Å²) in [6.07, 6.45) is 1.75. The lowest BCUT2D eigenvalue weighted by Gasteiger charge is -1.94. The van der Waals surface area contributed by atoms with Gasteiger partial charge in [0.05, 0.1) is 0 Å². The standard InChI is InChI=1S/C7H9BrO3S/c1-3-5-6(12(2,9)10)4-7(8)11-5/h4H,3H2,1-2H3. The summed E-state index contributed by atoms with van der Waals surface area (Å²) in [6.45, 7) is 1.85. The first-order valence-corrected chi connectivity index (χ1v) is 6.12. The van der Waals surface area contributed by atoms with E-state index in [4.69, 9.17) is 4.42 Å². The monoisotopic (exact) mass is 252 g/mol. The zero-order chi connectivity index (χ0) is 9.35. The maximum absolute atomic E-state index is 11.1. The van der Waals surface area contributed by atoms with Crippen LogP contribution in [0.2, 0.25) is 0 Å². The van der Waals surface area contributed by atoms with Crippen LogP contribution in [0.15, 0.2) is 20.0 Å². The van der Waals surface area contributed by atoms with Crippen molar-refractivity contribution in [1.29, 1.82) is 0 Å². The van der Waals surface area contributed by atoms with Crippen molar-refractivity contribution >= 4 is 25.8 Å². The maximum Gasteiger partial charge on any atom is 0.179 e. The van der Waals surface area contributed by atoms with Crippen molar-refractivity contribution in [2.24, 2.45) is 0 Å². The molecule has 0 spiro atoms. The van der Waals surface area contributed by atoms with Gasteiger partial charge in [-0.05, 0) is 15.9 Å². The van der Waals surface area contributed by atoms with Gasteiger partial charge in [0.25, 0.3) is 0 Å². The van der Waals surface area contributed by atoms with Crippen molar-refractivity contribution in [3.63, 3.8) is 0 Å². The lowest BCUT2D eigenvalue weighted by molar-refractivity contribution is 0.484. The number of hydrogen-bond acceptors (Lipinski definition) is 3.